The number of rotatable bonds is 6. The first-order chi connectivity index (χ1) is 13.1. The molecule has 1 heterocycles. The summed E-state index contributed by atoms with van der Waals surface area (Å²) in [5, 5.41) is 3.31. The molecule has 1 aliphatic heterocycles. The van der Waals surface area contributed by atoms with Crippen LogP contribution in [0.15, 0.2) is 29.2 Å². The lowest BCUT2D eigenvalue weighted by Crippen LogP contribution is -2.39. The number of benzene rings is 1. The molecule has 1 aliphatic carbocycles. The first-order valence-corrected chi connectivity index (χ1v) is 11.0. The molecule has 156 valence electrons. The average molecular weight is 426 g/mol. The smallest absolute Gasteiger partial charge is 0.255 e. The minimum Gasteiger partial charge on any atom is -0.342 e. The van der Waals surface area contributed by atoms with Gasteiger partial charge in [0.25, 0.3) is 5.91 Å². The summed E-state index contributed by atoms with van der Waals surface area (Å²) in [5.74, 6) is 0.578. The molecule has 0 radical (unpaired) electrons. The topological polar surface area (TPSA) is 52.7 Å². The van der Waals surface area contributed by atoms with Crippen molar-refractivity contribution in [1.82, 2.24) is 15.1 Å². The van der Waals surface area contributed by atoms with Crippen LogP contribution in [0.4, 0.5) is 0 Å². The van der Waals surface area contributed by atoms with E-state index in [1.165, 1.54) is 31.0 Å². The van der Waals surface area contributed by atoms with E-state index in [1.54, 1.807) is 0 Å². The number of carbonyl (C=O) groups excluding carboxylic acids is 2. The molecule has 3 rings (SSSR count). The Morgan fingerprint density at radius 3 is 2.43 bits per heavy atom. The Hall–Kier alpha value is -1.24. The summed E-state index contributed by atoms with van der Waals surface area (Å²) in [6.07, 6.45) is 6.93. The Kier molecular flexibility index (Phi) is 9.12. The van der Waals surface area contributed by atoms with Gasteiger partial charge in [0.1, 0.15) is 0 Å². The van der Waals surface area contributed by atoms with Crippen molar-refractivity contribution in [3.05, 3.63) is 29.8 Å². The second kappa shape index (κ2) is 11.1. The quantitative estimate of drug-likeness (QED) is 0.709. The minimum atomic E-state index is 0. The lowest BCUT2D eigenvalue weighted by molar-refractivity contribution is -0.129. The van der Waals surface area contributed by atoms with E-state index in [-0.39, 0.29) is 30.3 Å². The van der Waals surface area contributed by atoms with Crippen molar-refractivity contribution in [2.45, 2.75) is 55.5 Å². The maximum Gasteiger partial charge on any atom is 0.255 e. The third-order valence-electron chi connectivity index (χ3n) is 5.89. The molecular weight excluding hydrogens is 394 g/mol. The summed E-state index contributed by atoms with van der Waals surface area (Å²) in [4.78, 5) is 30.3. The van der Waals surface area contributed by atoms with E-state index in [0.717, 1.165) is 37.2 Å². The number of thioether (sulfide) groups is 1. The molecule has 2 fully saturated rings. The summed E-state index contributed by atoms with van der Waals surface area (Å²) in [7, 11) is 3.81. The third-order valence-corrected chi connectivity index (χ3v) is 6.95. The number of halogens is 1. The van der Waals surface area contributed by atoms with Crippen LogP contribution < -0.4 is 5.32 Å². The zero-order chi connectivity index (χ0) is 19.2. The van der Waals surface area contributed by atoms with Crippen LogP contribution in [0.25, 0.3) is 0 Å². The molecule has 2 amide bonds. The first-order valence-electron chi connectivity index (χ1n) is 10.0. The predicted octanol–water partition coefficient (Wildman–Crippen LogP) is 3.43. The van der Waals surface area contributed by atoms with E-state index in [9.17, 15) is 9.59 Å². The predicted molar refractivity (Wildman–Crippen MR) is 117 cm³/mol. The summed E-state index contributed by atoms with van der Waals surface area (Å²) >= 11 is 1.48. The normalized spacial score (nSPS) is 19.7. The van der Waals surface area contributed by atoms with Gasteiger partial charge in [0.05, 0.1) is 11.3 Å². The molecule has 0 bridgehead atoms. The van der Waals surface area contributed by atoms with E-state index < -0.39 is 0 Å². The molecule has 1 aromatic rings. The molecule has 7 heteroatoms. The largest absolute Gasteiger partial charge is 0.342 e. The second-order valence-corrected chi connectivity index (χ2v) is 8.66. The highest BCUT2D eigenvalue weighted by atomic mass is 35.5. The number of hydrogen-bond donors (Lipinski definition) is 1. The van der Waals surface area contributed by atoms with Gasteiger partial charge in [-0.05, 0) is 37.9 Å². The molecule has 0 spiro atoms. The van der Waals surface area contributed by atoms with Crippen LogP contribution in [0.5, 0.6) is 0 Å². The first kappa shape index (κ1) is 23.0. The minimum absolute atomic E-state index is 0. The Labute approximate surface area is 179 Å². The molecular formula is C21H32ClN3O2S. The number of amides is 2. The maximum atomic E-state index is 13.0. The molecule has 0 aromatic heterocycles. The maximum absolute atomic E-state index is 13.0. The Morgan fingerprint density at radius 2 is 1.75 bits per heavy atom. The van der Waals surface area contributed by atoms with E-state index in [2.05, 4.69) is 5.32 Å². The molecule has 28 heavy (non-hydrogen) atoms. The number of hydrogen-bond acceptors (Lipinski definition) is 4. The highest BCUT2D eigenvalue weighted by molar-refractivity contribution is 8.00. The molecule has 1 unspecified atom stereocenters. The van der Waals surface area contributed by atoms with E-state index in [1.807, 2.05) is 48.2 Å². The Balaban J connectivity index is 0.00000280. The van der Waals surface area contributed by atoms with Gasteiger partial charge in [0.2, 0.25) is 5.91 Å². The summed E-state index contributed by atoms with van der Waals surface area (Å²) in [5.41, 5.74) is 0.699. The molecule has 1 saturated heterocycles. The van der Waals surface area contributed by atoms with Gasteiger partial charge in [0.15, 0.2) is 0 Å². The van der Waals surface area contributed by atoms with Gasteiger partial charge in [-0.15, -0.1) is 24.2 Å². The van der Waals surface area contributed by atoms with Crippen LogP contribution >= 0.6 is 24.2 Å². The van der Waals surface area contributed by atoms with Crippen molar-refractivity contribution < 1.29 is 9.59 Å². The fourth-order valence-electron chi connectivity index (χ4n) is 4.01. The molecule has 5 nitrogen and oxygen atoms in total. The third kappa shape index (κ3) is 5.65. The van der Waals surface area contributed by atoms with Crippen LogP contribution in [0.1, 0.15) is 48.9 Å². The van der Waals surface area contributed by atoms with Crippen molar-refractivity contribution in [2.75, 3.05) is 32.9 Å². The van der Waals surface area contributed by atoms with Crippen molar-refractivity contribution >= 4 is 36.0 Å². The van der Waals surface area contributed by atoms with Crippen molar-refractivity contribution in [1.29, 1.82) is 0 Å². The van der Waals surface area contributed by atoms with Crippen LogP contribution in [0.3, 0.4) is 0 Å². The lowest BCUT2D eigenvalue weighted by Gasteiger charge is -2.31. The zero-order valence-corrected chi connectivity index (χ0v) is 18.5. The standard InChI is InChI=1S/C21H31N3O2S.ClH/c1-23(16-8-4-3-5-9-16)20(25)15-27-19-11-7-6-10-18(19)21(26)24(2)17-12-13-22-14-17;/h6-7,10-11,16-17,22H,3-5,8-9,12-15H2,1-2H3;1H. The van der Waals surface area contributed by atoms with Gasteiger partial charge in [-0.3, -0.25) is 9.59 Å². The zero-order valence-electron chi connectivity index (χ0n) is 16.9. The van der Waals surface area contributed by atoms with Crippen molar-refractivity contribution in [3.8, 4) is 0 Å². The number of nitrogens with zero attached hydrogens (tertiary/aromatic N) is 2. The van der Waals surface area contributed by atoms with Gasteiger partial charge in [0, 0.05) is 37.6 Å². The monoisotopic (exact) mass is 425 g/mol. The highest BCUT2D eigenvalue weighted by Crippen LogP contribution is 2.27. The van der Waals surface area contributed by atoms with Gasteiger partial charge >= 0.3 is 0 Å². The van der Waals surface area contributed by atoms with Crippen LogP contribution in [0.2, 0.25) is 0 Å². The Bertz CT molecular complexity index is 661. The van der Waals surface area contributed by atoms with Gasteiger partial charge in [-0.1, -0.05) is 31.4 Å². The van der Waals surface area contributed by atoms with Crippen LogP contribution in [-0.4, -0.2) is 66.6 Å². The molecule has 2 aliphatic rings. The summed E-state index contributed by atoms with van der Waals surface area (Å²) in [6.45, 7) is 1.81. The Morgan fingerprint density at radius 1 is 1.04 bits per heavy atom. The molecule has 1 aromatic carbocycles. The fourth-order valence-corrected chi connectivity index (χ4v) is 4.98. The SMILES string of the molecule is CN(C(=O)CSc1ccccc1C(=O)N(C)C1CCNC1)C1CCCCC1.Cl. The summed E-state index contributed by atoms with van der Waals surface area (Å²) in [6, 6.07) is 8.28. The number of likely N-dealkylation sites (N-methyl/N-ethyl adjacent to an activating group) is 1. The number of nitrogens with one attached hydrogen (secondary N) is 1. The van der Waals surface area contributed by atoms with Crippen molar-refractivity contribution in [2.24, 2.45) is 0 Å². The van der Waals surface area contributed by atoms with Gasteiger partial charge in [-0.2, -0.15) is 0 Å². The van der Waals surface area contributed by atoms with Crippen molar-refractivity contribution in [3.63, 3.8) is 0 Å². The lowest BCUT2D eigenvalue weighted by atomic mass is 9.94. The van der Waals surface area contributed by atoms with Crippen LogP contribution in [0, 0.1) is 0 Å². The van der Waals surface area contributed by atoms with E-state index in [0.29, 0.717) is 17.4 Å². The van der Waals surface area contributed by atoms with Gasteiger partial charge < -0.3 is 15.1 Å². The highest BCUT2D eigenvalue weighted by Gasteiger charge is 2.26. The fraction of sp³-hybridized carbons (Fsp3) is 0.619. The van der Waals surface area contributed by atoms with Crippen LogP contribution in [-0.2, 0) is 4.79 Å². The molecule has 1 atom stereocenters. The van der Waals surface area contributed by atoms with E-state index >= 15 is 0 Å². The molecule has 1 saturated carbocycles. The molecule has 1 N–H and O–H groups in total. The second-order valence-electron chi connectivity index (χ2n) is 7.64. The van der Waals surface area contributed by atoms with Gasteiger partial charge in [-0.25, -0.2) is 0 Å². The average Bonchev–Trinajstić information content (AvgIpc) is 3.26. The number of carbonyl (C=O) groups is 2. The van der Waals surface area contributed by atoms with E-state index in [4.69, 9.17) is 0 Å². The summed E-state index contributed by atoms with van der Waals surface area (Å²) < 4.78 is 0.